The molecule has 0 spiro atoms. The maximum Gasteiger partial charge on any atom is 0.235 e. The van der Waals surface area contributed by atoms with Gasteiger partial charge in [-0.05, 0) is 31.7 Å². The van der Waals surface area contributed by atoms with Crippen molar-refractivity contribution in [1.82, 2.24) is 24.6 Å². The molecule has 29 heavy (non-hydrogen) atoms. The van der Waals surface area contributed by atoms with E-state index in [1.807, 2.05) is 22.5 Å². The van der Waals surface area contributed by atoms with Crippen LogP contribution in [0.1, 0.15) is 13.8 Å². The van der Waals surface area contributed by atoms with Crippen molar-refractivity contribution < 1.29 is 4.79 Å². The second kappa shape index (κ2) is 9.98. The lowest BCUT2D eigenvalue weighted by Gasteiger charge is -2.35. The van der Waals surface area contributed by atoms with Gasteiger partial charge in [0.15, 0.2) is 11.0 Å². The monoisotopic (exact) mass is 453 g/mol. The molecule has 0 aliphatic carbocycles. The molecule has 1 unspecified atom stereocenters. The molecule has 0 N–H and O–H groups in total. The van der Waals surface area contributed by atoms with E-state index in [1.54, 1.807) is 18.2 Å². The summed E-state index contributed by atoms with van der Waals surface area (Å²) in [5.74, 6) is 0.759. The number of carbonyl (C=O) groups is 1. The SMILES string of the molecule is C=CCn1c(SC(C)C(=O)N2CCN(CC)CC2)nnc1-c1ccc(Cl)cc1Cl. The third-order valence-corrected chi connectivity index (χ3v) is 6.58. The molecular weight excluding hydrogens is 429 g/mol. The molecule has 1 amide bonds. The van der Waals surface area contributed by atoms with E-state index in [0.717, 1.165) is 38.3 Å². The second-order valence-electron chi connectivity index (χ2n) is 6.85. The maximum atomic E-state index is 12.9. The molecule has 0 radical (unpaired) electrons. The van der Waals surface area contributed by atoms with Crippen LogP contribution in [0.25, 0.3) is 11.4 Å². The highest BCUT2D eigenvalue weighted by atomic mass is 35.5. The number of thioether (sulfide) groups is 1. The number of rotatable bonds is 7. The van der Waals surface area contributed by atoms with Gasteiger partial charge in [0, 0.05) is 43.3 Å². The number of hydrogen-bond donors (Lipinski definition) is 0. The van der Waals surface area contributed by atoms with Gasteiger partial charge < -0.3 is 9.80 Å². The van der Waals surface area contributed by atoms with E-state index in [4.69, 9.17) is 23.2 Å². The third-order valence-electron chi connectivity index (χ3n) is 4.96. The largest absolute Gasteiger partial charge is 0.339 e. The Morgan fingerprint density at radius 1 is 1.28 bits per heavy atom. The fourth-order valence-electron chi connectivity index (χ4n) is 3.29. The lowest BCUT2D eigenvalue weighted by molar-refractivity contribution is -0.132. The van der Waals surface area contributed by atoms with E-state index in [1.165, 1.54) is 11.8 Å². The van der Waals surface area contributed by atoms with Crippen LogP contribution in [0.4, 0.5) is 0 Å². The van der Waals surface area contributed by atoms with E-state index in [2.05, 4.69) is 28.6 Å². The van der Waals surface area contributed by atoms with Crippen molar-refractivity contribution >= 4 is 40.9 Å². The van der Waals surface area contributed by atoms with Crippen molar-refractivity contribution in [2.24, 2.45) is 0 Å². The summed E-state index contributed by atoms with van der Waals surface area (Å²) < 4.78 is 1.92. The first-order valence-corrected chi connectivity index (χ1v) is 11.3. The zero-order chi connectivity index (χ0) is 21.0. The summed E-state index contributed by atoms with van der Waals surface area (Å²) in [6.07, 6.45) is 1.78. The minimum absolute atomic E-state index is 0.130. The van der Waals surface area contributed by atoms with Crippen molar-refractivity contribution in [3.8, 4) is 11.4 Å². The average molecular weight is 454 g/mol. The molecule has 156 valence electrons. The number of amides is 1. The van der Waals surface area contributed by atoms with Crippen LogP contribution in [0.5, 0.6) is 0 Å². The van der Waals surface area contributed by atoms with Crippen LogP contribution in [0.2, 0.25) is 10.0 Å². The van der Waals surface area contributed by atoms with Gasteiger partial charge in [-0.3, -0.25) is 9.36 Å². The Morgan fingerprint density at radius 3 is 2.62 bits per heavy atom. The number of allylic oxidation sites excluding steroid dienone is 1. The fourth-order valence-corrected chi connectivity index (χ4v) is 4.73. The van der Waals surface area contributed by atoms with Gasteiger partial charge in [-0.25, -0.2) is 0 Å². The normalized spacial score (nSPS) is 16.1. The Morgan fingerprint density at radius 2 is 2.00 bits per heavy atom. The minimum Gasteiger partial charge on any atom is -0.339 e. The number of halogens is 2. The molecule has 9 heteroatoms. The van der Waals surface area contributed by atoms with Crippen molar-refractivity contribution in [3.05, 3.63) is 40.9 Å². The van der Waals surface area contributed by atoms with Gasteiger partial charge in [-0.2, -0.15) is 0 Å². The highest BCUT2D eigenvalue weighted by Crippen LogP contribution is 2.32. The Kier molecular flexibility index (Phi) is 7.62. The first-order chi connectivity index (χ1) is 13.9. The van der Waals surface area contributed by atoms with Crippen LogP contribution in [-0.2, 0) is 11.3 Å². The van der Waals surface area contributed by atoms with Crippen LogP contribution in [0, 0.1) is 0 Å². The van der Waals surface area contributed by atoms with Gasteiger partial charge in [0.25, 0.3) is 0 Å². The number of piperazine rings is 1. The number of likely N-dealkylation sites (N-methyl/N-ethyl adjacent to an activating group) is 1. The molecule has 1 aromatic heterocycles. The molecule has 1 aliphatic heterocycles. The van der Waals surface area contributed by atoms with Gasteiger partial charge in [-0.1, -0.05) is 48.0 Å². The van der Waals surface area contributed by atoms with Crippen LogP contribution in [0.3, 0.4) is 0 Å². The Hall–Kier alpha value is -1.54. The number of hydrogen-bond acceptors (Lipinski definition) is 5. The predicted octanol–water partition coefficient (Wildman–Crippen LogP) is 4.08. The lowest BCUT2D eigenvalue weighted by atomic mass is 10.2. The highest BCUT2D eigenvalue weighted by Gasteiger charge is 2.27. The molecular formula is C20H25Cl2N5OS. The van der Waals surface area contributed by atoms with Gasteiger partial charge in [-0.15, -0.1) is 16.8 Å². The zero-order valence-electron chi connectivity index (χ0n) is 16.6. The van der Waals surface area contributed by atoms with Gasteiger partial charge in [0.1, 0.15) is 0 Å². The Labute approximate surface area is 185 Å². The van der Waals surface area contributed by atoms with E-state index in [-0.39, 0.29) is 11.2 Å². The minimum atomic E-state index is -0.260. The van der Waals surface area contributed by atoms with E-state index in [0.29, 0.717) is 27.6 Å². The predicted molar refractivity (Wildman–Crippen MR) is 120 cm³/mol. The molecule has 0 saturated carbocycles. The van der Waals surface area contributed by atoms with Crippen molar-refractivity contribution in [3.63, 3.8) is 0 Å². The topological polar surface area (TPSA) is 54.3 Å². The standard InChI is InChI=1S/C20H25Cl2N5OS/c1-4-8-27-18(16-7-6-15(21)13-17(16)22)23-24-20(27)29-14(3)19(28)26-11-9-25(5-2)10-12-26/h4,6-7,13-14H,1,5,8-12H2,2-3H3. The average Bonchev–Trinajstić information content (AvgIpc) is 3.10. The third kappa shape index (κ3) is 5.15. The second-order valence-corrected chi connectivity index (χ2v) is 9.00. The molecule has 1 atom stereocenters. The molecule has 1 aromatic carbocycles. The zero-order valence-corrected chi connectivity index (χ0v) is 19.0. The molecule has 1 fully saturated rings. The molecule has 2 aromatic rings. The summed E-state index contributed by atoms with van der Waals surface area (Å²) in [6, 6.07) is 5.27. The quantitative estimate of drug-likeness (QED) is 0.466. The van der Waals surface area contributed by atoms with Crippen LogP contribution in [0.15, 0.2) is 36.0 Å². The van der Waals surface area contributed by atoms with E-state index >= 15 is 0 Å². The van der Waals surface area contributed by atoms with Crippen molar-refractivity contribution in [1.29, 1.82) is 0 Å². The van der Waals surface area contributed by atoms with Gasteiger partial charge in [0.05, 0.1) is 10.3 Å². The highest BCUT2D eigenvalue weighted by molar-refractivity contribution is 8.00. The molecule has 6 nitrogen and oxygen atoms in total. The Balaban J connectivity index is 1.77. The van der Waals surface area contributed by atoms with Gasteiger partial charge in [0.2, 0.25) is 5.91 Å². The van der Waals surface area contributed by atoms with E-state index in [9.17, 15) is 4.79 Å². The summed E-state index contributed by atoms with van der Waals surface area (Å²) in [6.45, 7) is 12.8. The first kappa shape index (κ1) is 22.2. The number of nitrogens with zero attached hydrogens (tertiary/aromatic N) is 5. The summed E-state index contributed by atoms with van der Waals surface area (Å²) in [5, 5.41) is 10.1. The number of carbonyl (C=O) groups excluding carboxylic acids is 1. The lowest BCUT2D eigenvalue weighted by Crippen LogP contribution is -2.50. The van der Waals surface area contributed by atoms with Crippen LogP contribution in [-0.4, -0.2) is 68.4 Å². The summed E-state index contributed by atoms with van der Waals surface area (Å²) in [4.78, 5) is 17.2. The van der Waals surface area contributed by atoms with Crippen LogP contribution >= 0.6 is 35.0 Å². The molecule has 1 saturated heterocycles. The smallest absolute Gasteiger partial charge is 0.235 e. The van der Waals surface area contributed by atoms with Gasteiger partial charge >= 0.3 is 0 Å². The number of aromatic nitrogens is 3. The molecule has 0 bridgehead atoms. The van der Waals surface area contributed by atoms with Crippen molar-refractivity contribution in [2.45, 2.75) is 30.8 Å². The van der Waals surface area contributed by atoms with Crippen LogP contribution < -0.4 is 0 Å². The summed E-state index contributed by atoms with van der Waals surface area (Å²) >= 11 is 13.8. The number of benzene rings is 1. The molecule has 1 aliphatic rings. The molecule has 2 heterocycles. The van der Waals surface area contributed by atoms with Crippen molar-refractivity contribution in [2.75, 3.05) is 32.7 Å². The maximum absolute atomic E-state index is 12.9. The molecule has 3 rings (SSSR count). The first-order valence-electron chi connectivity index (χ1n) is 9.61. The van der Waals surface area contributed by atoms with E-state index < -0.39 is 0 Å². The Bertz CT molecular complexity index is 880. The summed E-state index contributed by atoms with van der Waals surface area (Å²) in [7, 11) is 0. The summed E-state index contributed by atoms with van der Waals surface area (Å²) in [5.41, 5.74) is 0.743. The fraction of sp³-hybridized carbons (Fsp3) is 0.450.